The predicted octanol–water partition coefficient (Wildman–Crippen LogP) is 4.24. The second-order valence-electron chi connectivity index (χ2n) is 11.3. The van der Waals surface area contributed by atoms with Gasteiger partial charge in [0.2, 0.25) is 5.91 Å². The van der Waals surface area contributed by atoms with Crippen LogP contribution in [-0.2, 0) is 4.79 Å². The van der Waals surface area contributed by atoms with E-state index in [-0.39, 0.29) is 0 Å². The smallest absolute Gasteiger partial charge is 0.246 e. The molecule has 1 amide bonds. The highest BCUT2D eigenvalue weighted by Crippen LogP contribution is 2.66. The number of carbonyl (C=O) groups is 1. The van der Waals surface area contributed by atoms with Crippen LogP contribution in [0.3, 0.4) is 0 Å². The van der Waals surface area contributed by atoms with Crippen LogP contribution in [0.5, 0.6) is 0 Å². The lowest BCUT2D eigenvalue weighted by Gasteiger charge is -2.58. The van der Waals surface area contributed by atoms with Crippen LogP contribution >= 0.6 is 0 Å². The zero-order valence-corrected chi connectivity index (χ0v) is 14.8. The minimum absolute atomic E-state index is 0.369. The van der Waals surface area contributed by atoms with Gasteiger partial charge in [0.05, 0.1) is 0 Å². The molecule has 1 atom stereocenters. The van der Waals surface area contributed by atoms with Crippen LogP contribution in [0.1, 0.15) is 70.6 Å². The normalized spacial score (nSPS) is 62.6. The molecule has 1 heterocycles. The molecule has 0 radical (unpaired) electrons. The minimum Gasteiger partial charge on any atom is -0.325 e. The summed E-state index contributed by atoms with van der Waals surface area (Å²) in [6, 6.07) is 1.04. The van der Waals surface area contributed by atoms with Crippen LogP contribution in [0, 0.1) is 46.8 Å². The van der Waals surface area contributed by atoms with Crippen molar-refractivity contribution in [3.8, 4) is 0 Å². The van der Waals surface area contributed by atoms with E-state index >= 15 is 0 Å². The fourth-order valence-electron chi connectivity index (χ4n) is 9.93. The van der Waals surface area contributed by atoms with Gasteiger partial charge in [0.1, 0.15) is 6.04 Å². The first kappa shape index (κ1) is 13.6. The lowest BCUT2D eigenvalue weighted by molar-refractivity contribution is -0.118. The average molecular weight is 325 g/mol. The molecule has 1 unspecified atom stereocenters. The Hall–Kier alpha value is -0.530. The fraction of sp³-hybridized carbons (Fsp3) is 0.955. The van der Waals surface area contributed by atoms with E-state index in [1.54, 1.807) is 0 Å². The van der Waals surface area contributed by atoms with Crippen molar-refractivity contribution in [2.45, 2.75) is 82.7 Å². The van der Waals surface area contributed by atoms with Crippen molar-refractivity contribution < 1.29 is 4.79 Å². The van der Waals surface area contributed by atoms with Gasteiger partial charge in [-0.1, -0.05) is 0 Å². The second-order valence-corrected chi connectivity index (χ2v) is 11.3. The van der Waals surface area contributed by atoms with Crippen LogP contribution in [-0.4, -0.2) is 22.9 Å². The van der Waals surface area contributed by atoms with Crippen LogP contribution in [0.2, 0.25) is 0 Å². The van der Waals surface area contributed by atoms with E-state index in [1.165, 1.54) is 70.6 Å². The summed E-state index contributed by atoms with van der Waals surface area (Å²) in [4.78, 5) is 15.6. The van der Waals surface area contributed by atoms with Gasteiger partial charge in [0, 0.05) is 11.5 Å². The molecule has 8 bridgehead atoms. The van der Waals surface area contributed by atoms with Gasteiger partial charge < -0.3 is 4.90 Å². The number of hydrogen-bond acceptors (Lipinski definition) is 1. The maximum absolute atomic E-state index is 13.1. The van der Waals surface area contributed by atoms with E-state index in [4.69, 9.17) is 0 Å². The molecule has 8 aliphatic carbocycles. The Balaban J connectivity index is 1.20. The first-order valence-electron chi connectivity index (χ1n) is 11.0. The molecule has 1 saturated heterocycles. The maximum Gasteiger partial charge on any atom is 0.246 e. The first-order valence-corrected chi connectivity index (χ1v) is 11.0. The molecule has 0 aromatic carbocycles. The molecule has 1 aliphatic heterocycles. The van der Waals surface area contributed by atoms with Crippen molar-refractivity contribution in [2.75, 3.05) is 0 Å². The van der Waals surface area contributed by atoms with Crippen molar-refractivity contribution >= 4 is 5.91 Å². The number of rotatable bonds is 2. The standard InChI is InChI=1S/C22H31NO/c24-21-20(22-9-14-2-15(10-22)4-16(3-14)11-22)23(21)19-17-5-12-1-13(7-17)8-18(19)6-12/h12-20H,1-11H2. The lowest BCUT2D eigenvalue weighted by Crippen LogP contribution is -2.54. The number of hydrogen-bond donors (Lipinski definition) is 0. The van der Waals surface area contributed by atoms with Gasteiger partial charge in [-0.25, -0.2) is 0 Å². The molecule has 130 valence electrons. The maximum atomic E-state index is 13.1. The minimum atomic E-state index is 0.369. The summed E-state index contributed by atoms with van der Waals surface area (Å²) < 4.78 is 0. The zero-order valence-electron chi connectivity index (χ0n) is 14.8. The molecule has 0 aromatic rings. The molecule has 9 fully saturated rings. The van der Waals surface area contributed by atoms with Gasteiger partial charge in [-0.2, -0.15) is 0 Å². The van der Waals surface area contributed by atoms with Crippen molar-refractivity contribution in [1.82, 2.24) is 4.90 Å². The number of carbonyl (C=O) groups excluding carboxylic acids is 1. The molecule has 0 spiro atoms. The van der Waals surface area contributed by atoms with Crippen LogP contribution in [0.4, 0.5) is 0 Å². The van der Waals surface area contributed by atoms with E-state index in [0.29, 0.717) is 23.4 Å². The summed E-state index contributed by atoms with van der Waals surface area (Å²) in [7, 11) is 0. The quantitative estimate of drug-likeness (QED) is 0.695. The Morgan fingerprint density at radius 2 is 1.12 bits per heavy atom. The van der Waals surface area contributed by atoms with Gasteiger partial charge in [0.25, 0.3) is 0 Å². The molecular weight excluding hydrogens is 294 g/mol. The van der Waals surface area contributed by atoms with E-state index in [9.17, 15) is 4.79 Å². The third-order valence-corrected chi connectivity index (χ3v) is 9.86. The van der Waals surface area contributed by atoms with Gasteiger partial charge in [-0.15, -0.1) is 0 Å². The topological polar surface area (TPSA) is 20.1 Å². The summed E-state index contributed by atoms with van der Waals surface area (Å²) in [5, 5.41) is 0. The zero-order chi connectivity index (χ0) is 15.6. The predicted molar refractivity (Wildman–Crippen MR) is 92.1 cm³/mol. The molecule has 9 rings (SSSR count). The van der Waals surface area contributed by atoms with E-state index in [2.05, 4.69) is 4.90 Å². The van der Waals surface area contributed by atoms with Crippen molar-refractivity contribution in [3.63, 3.8) is 0 Å². The summed E-state index contributed by atoms with van der Waals surface area (Å²) in [6.07, 6.45) is 16.0. The number of amides is 1. The average Bonchev–Trinajstić information content (AvgIpc) is 3.16. The van der Waals surface area contributed by atoms with Gasteiger partial charge >= 0.3 is 0 Å². The van der Waals surface area contributed by atoms with Crippen LogP contribution in [0.25, 0.3) is 0 Å². The van der Waals surface area contributed by atoms with Crippen molar-refractivity contribution in [1.29, 1.82) is 0 Å². The van der Waals surface area contributed by atoms with Gasteiger partial charge in [-0.3, -0.25) is 4.79 Å². The monoisotopic (exact) mass is 325 g/mol. The molecular formula is C22H31NO. The molecule has 9 aliphatic rings. The highest BCUT2D eigenvalue weighted by atomic mass is 16.2. The summed E-state index contributed by atoms with van der Waals surface area (Å²) >= 11 is 0. The van der Waals surface area contributed by atoms with Crippen molar-refractivity contribution in [3.05, 3.63) is 0 Å². The molecule has 2 nitrogen and oxygen atoms in total. The SMILES string of the molecule is O=C1C(C23CC4CC(CC(C4)C2)C3)N1C1C2CC3CC(C2)CC1C3. The molecule has 0 N–H and O–H groups in total. The Kier molecular flexibility index (Phi) is 2.41. The fourth-order valence-corrected chi connectivity index (χ4v) is 9.93. The third kappa shape index (κ3) is 1.62. The molecule has 0 aromatic heterocycles. The summed E-state index contributed by atoms with van der Waals surface area (Å²) in [5.74, 6) is 7.33. The van der Waals surface area contributed by atoms with E-state index in [0.717, 1.165) is 41.4 Å². The Morgan fingerprint density at radius 1 is 0.667 bits per heavy atom. The van der Waals surface area contributed by atoms with Crippen molar-refractivity contribution in [2.24, 2.45) is 46.8 Å². The van der Waals surface area contributed by atoms with Gasteiger partial charge in [0.15, 0.2) is 0 Å². The number of nitrogens with zero attached hydrogens (tertiary/aromatic N) is 1. The van der Waals surface area contributed by atoms with Crippen LogP contribution < -0.4 is 0 Å². The third-order valence-electron chi connectivity index (χ3n) is 9.86. The lowest BCUT2D eigenvalue weighted by atomic mass is 9.48. The van der Waals surface area contributed by atoms with Crippen LogP contribution in [0.15, 0.2) is 0 Å². The van der Waals surface area contributed by atoms with Gasteiger partial charge in [-0.05, 0) is 112 Å². The first-order chi connectivity index (χ1) is 11.7. The van der Waals surface area contributed by atoms with E-state index < -0.39 is 0 Å². The summed E-state index contributed by atoms with van der Waals surface area (Å²) in [5.41, 5.74) is 0.431. The molecule has 2 heteroatoms. The largest absolute Gasteiger partial charge is 0.325 e. The highest BCUT2D eigenvalue weighted by molar-refractivity contribution is 5.98. The molecule has 24 heavy (non-hydrogen) atoms. The Morgan fingerprint density at radius 3 is 1.62 bits per heavy atom. The highest BCUT2D eigenvalue weighted by Gasteiger charge is 2.68. The molecule has 8 saturated carbocycles. The summed E-state index contributed by atoms with van der Waals surface area (Å²) in [6.45, 7) is 0. The Labute approximate surface area is 145 Å². The van der Waals surface area contributed by atoms with E-state index in [1.807, 2.05) is 0 Å². The second kappa shape index (κ2) is 4.23. The Bertz CT molecular complexity index is 546.